The average molecular weight is 391 g/mol. The molecule has 150 valence electrons. The molecular weight excluding hydrogens is 366 g/mol. The Morgan fingerprint density at radius 2 is 1.62 bits per heavy atom. The monoisotopic (exact) mass is 391 g/mol. The smallest absolute Gasteiger partial charge is 0.309 e. The van der Waals surface area contributed by atoms with Crippen molar-refractivity contribution in [1.82, 2.24) is 4.57 Å². The number of ketones is 1. The molecule has 5 heteroatoms. The van der Waals surface area contributed by atoms with Gasteiger partial charge in [-0.2, -0.15) is 0 Å². The molecule has 1 aromatic heterocycles. The molecular formula is C24H25NO4. The molecule has 0 saturated heterocycles. The molecule has 3 rings (SSSR count). The Hall–Kier alpha value is -3.34. The molecule has 0 saturated carbocycles. The van der Waals surface area contributed by atoms with E-state index in [1.807, 2.05) is 86.0 Å². The second-order valence-electron chi connectivity index (χ2n) is 6.90. The van der Waals surface area contributed by atoms with E-state index >= 15 is 0 Å². The molecule has 0 N–H and O–H groups in total. The van der Waals surface area contributed by atoms with Crippen LogP contribution in [0.1, 0.15) is 33.7 Å². The molecule has 0 radical (unpaired) electrons. The maximum Gasteiger partial charge on any atom is 0.309 e. The minimum absolute atomic E-state index is 0.0879. The van der Waals surface area contributed by atoms with Crippen LogP contribution in [0.4, 0.5) is 0 Å². The van der Waals surface area contributed by atoms with Gasteiger partial charge >= 0.3 is 5.97 Å². The molecule has 0 aliphatic carbocycles. The number of benzene rings is 2. The SMILES string of the molecule is Cc1ccccc1OCCC(=O)OCC(=O)c1cc(C)n(-c2ccccc2)c1C. The lowest BCUT2D eigenvalue weighted by Crippen LogP contribution is -2.16. The Morgan fingerprint density at radius 3 is 2.34 bits per heavy atom. The molecule has 29 heavy (non-hydrogen) atoms. The number of carbonyl (C=O) groups excluding carboxylic acids is 2. The van der Waals surface area contributed by atoms with E-state index in [4.69, 9.17) is 9.47 Å². The molecule has 5 nitrogen and oxygen atoms in total. The van der Waals surface area contributed by atoms with Crippen molar-refractivity contribution < 1.29 is 19.1 Å². The van der Waals surface area contributed by atoms with E-state index in [1.54, 1.807) is 0 Å². The van der Waals surface area contributed by atoms with Crippen LogP contribution < -0.4 is 4.74 Å². The van der Waals surface area contributed by atoms with Crippen molar-refractivity contribution in [1.29, 1.82) is 0 Å². The molecule has 0 atom stereocenters. The summed E-state index contributed by atoms with van der Waals surface area (Å²) < 4.78 is 12.8. The van der Waals surface area contributed by atoms with Gasteiger partial charge < -0.3 is 14.0 Å². The summed E-state index contributed by atoms with van der Waals surface area (Å²) in [6.07, 6.45) is 0.0879. The van der Waals surface area contributed by atoms with Gasteiger partial charge in [0.1, 0.15) is 5.75 Å². The number of hydrogen-bond donors (Lipinski definition) is 0. The summed E-state index contributed by atoms with van der Waals surface area (Å²) in [6.45, 7) is 5.72. The molecule has 0 aliphatic heterocycles. The van der Waals surface area contributed by atoms with E-state index in [-0.39, 0.29) is 25.4 Å². The van der Waals surface area contributed by atoms with Crippen LogP contribution in [0.25, 0.3) is 5.69 Å². The van der Waals surface area contributed by atoms with Crippen LogP contribution in [0.15, 0.2) is 60.7 Å². The van der Waals surface area contributed by atoms with Crippen LogP contribution in [-0.2, 0) is 9.53 Å². The van der Waals surface area contributed by atoms with Gasteiger partial charge in [0.05, 0.1) is 13.0 Å². The first kappa shape index (κ1) is 20.4. The molecule has 3 aromatic rings. The second-order valence-corrected chi connectivity index (χ2v) is 6.90. The second kappa shape index (κ2) is 9.24. The third kappa shape index (κ3) is 4.93. The highest BCUT2D eigenvalue weighted by molar-refractivity contribution is 5.99. The van der Waals surface area contributed by atoms with Gasteiger partial charge in [0.25, 0.3) is 0 Å². The van der Waals surface area contributed by atoms with E-state index in [2.05, 4.69) is 0 Å². The summed E-state index contributed by atoms with van der Waals surface area (Å²) in [7, 11) is 0. The fourth-order valence-electron chi connectivity index (χ4n) is 3.28. The lowest BCUT2D eigenvalue weighted by molar-refractivity contribution is -0.143. The van der Waals surface area contributed by atoms with Crippen LogP contribution in [0.5, 0.6) is 5.75 Å². The third-order valence-corrected chi connectivity index (χ3v) is 4.77. The molecule has 1 heterocycles. The molecule has 0 unspecified atom stereocenters. The molecule has 0 aliphatic rings. The van der Waals surface area contributed by atoms with Gasteiger partial charge in [-0.05, 0) is 50.6 Å². The standard InChI is InChI=1S/C24H25NO4/c1-17-9-7-8-12-23(17)28-14-13-24(27)29-16-22(26)21-15-18(2)25(19(21)3)20-10-5-4-6-11-20/h4-12,15H,13-14,16H2,1-3H3. The fraction of sp³-hybridized carbons (Fsp3) is 0.250. The van der Waals surface area contributed by atoms with Crippen molar-refractivity contribution in [2.45, 2.75) is 27.2 Å². The number of aromatic nitrogens is 1. The zero-order valence-corrected chi connectivity index (χ0v) is 17.0. The van der Waals surface area contributed by atoms with Crippen molar-refractivity contribution in [3.05, 3.63) is 83.2 Å². The Bertz CT molecular complexity index is 1000. The third-order valence-electron chi connectivity index (χ3n) is 4.77. The highest BCUT2D eigenvalue weighted by atomic mass is 16.5. The van der Waals surface area contributed by atoms with Gasteiger partial charge in [-0.1, -0.05) is 36.4 Å². The number of rotatable bonds is 8. The Kier molecular flexibility index (Phi) is 6.50. The van der Waals surface area contributed by atoms with Crippen molar-refractivity contribution in [2.24, 2.45) is 0 Å². The predicted octanol–water partition coefficient (Wildman–Crippen LogP) is 4.60. The number of Topliss-reactive ketones (excluding diaryl/α,β-unsaturated/α-hetero) is 1. The van der Waals surface area contributed by atoms with Gasteiger partial charge in [0, 0.05) is 22.6 Å². The highest BCUT2D eigenvalue weighted by Gasteiger charge is 2.18. The van der Waals surface area contributed by atoms with Gasteiger partial charge in [-0.25, -0.2) is 0 Å². The number of esters is 1. The van der Waals surface area contributed by atoms with Crippen LogP contribution in [0, 0.1) is 20.8 Å². The van der Waals surface area contributed by atoms with Crippen LogP contribution >= 0.6 is 0 Å². The normalized spacial score (nSPS) is 10.6. The largest absolute Gasteiger partial charge is 0.493 e. The van der Waals surface area contributed by atoms with Crippen molar-refractivity contribution in [2.75, 3.05) is 13.2 Å². The van der Waals surface area contributed by atoms with Crippen LogP contribution in [0.2, 0.25) is 0 Å². The number of ether oxygens (including phenoxy) is 2. The van der Waals surface area contributed by atoms with E-state index in [0.717, 1.165) is 28.4 Å². The molecule has 0 fully saturated rings. The zero-order chi connectivity index (χ0) is 20.8. The zero-order valence-electron chi connectivity index (χ0n) is 17.0. The van der Waals surface area contributed by atoms with Crippen molar-refractivity contribution in [3.8, 4) is 11.4 Å². The molecule has 0 spiro atoms. The number of aryl methyl sites for hydroxylation is 2. The van der Waals surface area contributed by atoms with Crippen molar-refractivity contribution in [3.63, 3.8) is 0 Å². The Balaban J connectivity index is 1.54. The van der Waals surface area contributed by atoms with E-state index < -0.39 is 5.97 Å². The molecule has 2 aromatic carbocycles. The first-order chi connectivity index (χ1) is 14.0. The van der Waals surface area contributed by atoms with Gasteiger partial charge in [-0.15, -0.1) is 0 Å². The topological polar surface area (TPSA) is 57.5 Å². The lowest BCUT2D eigenvalue weighted by atomic mass is 10.1. The van der Waals surface area contributed by atoms with Gasteiger partial charge in [-0.3, -0.25) is 9.59 Å². The summed E-state index contributed by atoms with van der Waals surface area (Å²) in [5, 5.41) is 0. The minimum atomic E-state index is -0.455. The number of carbonyl (C=O) groups is 2. The summed E-state index contributed by atoms with van der Waals surface area (Å²) >= 11 is 0. The highest BCUT2D eigenvalue weighted by Crippen LogP contribution is 2.21. The van der Waals surface area contributed by atoms with Crippen molar-refractivity contribution >= 4 is 11.8 Å². The number of nitrogens with zero attached hydrogens (tertiary/aromatic N) is 1. The molecule has 0 bridgehead atoms. The molecule has 0 amide bonds. The fourth-order valence-corrected chi connectivity index (χ4v) is 3.28. The number of hydrogen-bond acceptors (Lipinski definition) is 4. The van der Waals surface area contributed by atoms with Crippen LogP contribution in [0.3, 0.4) is 0 Å². The summed E-state index contributed by atoms with van der Waals surface area (Å²) in [5.41, 5.74) is 4.35. The van der Waals surface area contributed by atoms with Gasteiger partial charge in [0.15, 0.2) is 6.61 Å². The van der Waals surface area contributed by atoms with Gasteiger partial charge in [0.2, 0.25) is 5.78 Å². The minimum Gasteiger partial charge on any atom is -0.493 e. The van der Waals surface area contributed by atoms with E-state index in [0.29, 0.717) is 5.56 Å². The van der Waals surface area contributed by atoms with E-state index in [1.165, 1.54) is 0 Å². The quantitative estimate of drug-likeness (QED) is 0.416. The maximum absolute atomic E-state index is 12.6. The predicted molar refractivity (Wildman–Crippen MR) is 112 cm³/mol. The summed E-state index contributed by atoms with van der Waals surface area (Å²) in [4.78, 5) is 24.6. The lowest BCUT2D eigenvalue weighted by Gasteiger charge is -2.10. The average Bonchev–Trinajstić information content (AvgIpc) is 3.02. The summed E-state index contributed by atoms with van der Waals surface area (Å²) in [5.74, 6) is 0.0713. The van der Waals surface area contributed by atoms with E-state index in [9.17, 15) is 9.59 Å². The Morgan fingerprint density at radius 1 is 0.931 bits per heavy atom. The first-order valence-corrected chi connectivity index (χ1v) is 9.59. The first-order valence-electron chi connectivity index (χ1n) is 9.59. The number of para-hydroxylation sites is 2. The Labute approximate surface area is 170 Å². The van der Waals surface area contributed by atoms with Crippen LogP contribution in [-0.4, -0.2) is 29.5 Å². The maximum atomic E-state index is 12.6. The summed E-state index contributed by atoms with van der Waals surface area (Å²) in [6, 6.07) is 19.3.